The molecule has 2 rings (SSSR count). The second kappa shape index (κ2) is 4.87. The zero-order chi connectivity index (χ0) is 13.1. The summed E-state index contributed by atoms with van der Waals surface area (Å²) in [6, 6.07) is 4.63. The van der Waals surface area contributed by atoms with Crippen LogP contribution in [0.25, 0.3) is 0 Å². The molecule has 0 spiro atoms. The first kappa shape index (κ1) is 12.1. The number of carbonyl (C=O) groups excluding carboxylic acids is 3. The Morgan fingerprint density at radius 2 is 2.00 bits per heavy atom. The Morgan fingerprint density at radius 3 is 2.72 bits per heavy atom. The van der Waals surface area contributed by atoms with Gasteiger partial charge < -0.3 is 15.4 Å². The van der Waals surface area contributed by atoms with Crippen molar-refractivity contribution in [1.82, 2.24) is 0 Å². The Morgan fingerprint density at radius 1 is 1.28 bits per heavy atom. The fourth-order valence-corrected chi connectivity index (χ4v) is 1.66. The molecule has 0 radical (unpaired) electrons. The molecule has 0 unspecified atom stereocenters. The summed E-state index contributed by atoms with van der Waals surface area (Å²) < 4.78 is 4.89. The molecule has 2 N–H and O–H groups in total. The molecule has 6 heteroatoms. The number of benzene rings is 1. The van der Waals surface area contributed by atoms with Crippen LogP contribution in [0.4, 0.5) is 11.4 Å². The average molecular weight is 248 g/mol. The number of nitrogens with one attached hydrogen (secondary N) is 2. The zero-order valence-corrected chi connectivity index (χ0v) is 9.78. The fourth-order valence-electron chi connectivity index (χ4n) is 1.66. The van der Waals surface area contributed by atoms with Gasteiger partial charge in [0.1, 0.15) is 6.42 Å². The van der Waals surface area contributed by atoms with Crippen molar-refractivity contribution < 1.29 is 19.1 Å². The van der Waals surface area contributed by atoms with Crippen LogP contribution in [0.3, 0.4) is 0 Å². The van der Waals surface area contributed by atoms with Crippen molar-refractivity contribution in [2.45, 2.75) is 13.3 Å². The first-order valence-corrected chi connectivity index (χ1v) is 5.51. The first-order valence-electron chi connectivity index (χ1n) is 5.51. The van der Waals surface area contributed by atoms with Crippen LogP contribution in [-0.4, -0.2) is 24.4 Å². The summed E-state index contributed by atoms with van der Waals surface area (Å²) in [5.41, 5.74) is 1.14. The maximum absolute atomic E-state index is 11.7. The zero-order valence-electron chi connectivity index (χ0n) is 9.78. The molecular weight excluding hydrogens is 236 g/mol. The van der Waals surface area contributed by atoms with E-state index in [9.17, 15) is 14.4 Å². The monoisotopic (exact) mass is 248 g/mol. The summed E-state index contributed by atoms with van der Waals surface area (Å²) >= 11 is 0. The predicted octanol–water partition coefficient (Wildman–Crippen LogP) is 1.14. The van der Waals surface area contributed by atoms with E-state index in [2.05, 4.69) is 10.6 Å². The number of esters is 1. The largest absolute Gasteiger partial charge is 0.462 e. The number of rotatable bonds is 2. The number of amides is 2. The van der Waals surface area contributed by atoms with Crippen molar-refractivity contribution in [3.8, 4) is 0 Å². The van der Waals surface area contributed by atoms with Gasteiger partial charge in [-0.15, -0.1) is 0 Å². The van der Waals surface area contributed by atoms with Crippen LogP contribution >= 0.6 is 0 Å². The van der Waals surface area contributed by atoms with Gasteiger partial charge in [-0.05, 0) is 25.1 Å². The van der Waals surface area contributed by atoms with Crippen molar-refractivity contribution >= 4 is 29.2 Å². The van der Waals surface area contributed by atoms with Crippen LogP contribution < -0.4 is 10.6 Å². The number of hydrogen-bond acceptors (Lipinski definition) is 4. The highest BCUT2D eigenvalue weighted by atomic mass is 16.5. The van der Waals surface area contributed by atoms with E-state index >= 15 is 0 Å². The normalized spacial score (nSPS) is 14.1. The molecular formula is C12H12N2O4. The van der Waals surface area contributed by atoms with Crippen molar-refractivity contribution in [2.75, 3.05) is 17.2 Å². The number of fused-ring (bicyclic) bond motifs is 2. The van der Waals surface area contributed by atoms with E-state index in [1.165, 1.54) is 12.1 Å². The molecule has 0 aliphatic carbocycles. The van der Waals surface area contributed by atoms with Crippen molar-refractivity contribution in [1.29, 1.82) is 0 Å². The van der Waals surface area contributed by atoms with Crippen LogP contribution in [0.5, 0.6) is 0 Å². The number of hydrogen-bond donors (Lipinski definition) is 2. The third-order valence-electron chi connectivity index (χ3n) is 2.39. The maximum Gasteiger partial charge on any atom is 0.340 e. The second-order valence-corrected chi connectivity index (χ2v) is 3.75. The molecule has 1 aromatic carbocycles. The van der Waals surface area contributed by atoms with Gasteiger partial charge in [0.25, 0.3) is 0 Å². The Balaban J connectivity index is 2.39. The maximum atomic E-state index is 11.7. The topological polar surface area (TPSA) is 84.5 Å². The molecule has 2 amide bonds. The van der Waals surface area contributed by atoms with Crippen molar-refractivity contribution in [2.24, 2.45) is 0 Å². The van der Waals surface area contributed by atoms with Crippen molar-refractivity contribution in [3.05, 3.63) is 23.8 Å². The lowest BCUT2D eigenvalue weighted by Gasteiger charge is -2.15. The minimum Gasteiger partial charge on any atom is -0.462 e. The van der Waals surface area contributed by atoms with E-state index in [-0.39, 0.29) is 24.5 Å². The van der Waals surface area contributed by atoms with Gasteiger partial charge in [-0.1, -0.05) is 0 Å². The van der Waals surface area contributed by atoms with Crippen LogP contribution in [-0.2, 0) is 14.3 Å². The molecule has 1 aromatic rings. The highest BCUT2D eigenvalue weighted by Crippen LogP contribution is 2.24. The van der Waals surface area contributed by atoms with E-state index in [0.717, 1.165) is 0 Å². The molecule has 0 aromatic heterocycles. The summed E-state index contributed by atoms with van der Waals surface area (Å²) in [5, 5.41) is 5.08. The SMILES string of the molecule is CCOC(=O)c1ccc2cc1NC(=O)CC(=O)N2. The van der Waals surface area contributed by atoms with Gasteiger partial charge in [-0.25, -0.2) is 4.79 Å². The summed E-state index contributed by atoms with van der Waals surface area (Å²) in [5.74, 6) is -1.36. The van der Waals surface area contributed by atoms with Gasteiger partial charge in [-0.3, -0.25) is 9.59 Å². The molecule has 0 fully saturated rings. The lowest BCUT2D eigenvalue weighted by atomic mass is 10.1. The van der Waals surface area contributed by atoms with Gasteiger partial charge in [0.2, 0.25) is 11.8 Å². The van der Waals surface area contributed by atoms with Gasteiger partial charge in [0.05, 0.1) is 17.9 Å². The standard InChI is InChI=1S/C12H12N2O4/c1-2-18-12(17)8-4-3-7-5-9(8)14-11(16)6-10(15)13-7/h3-5H,2,6H2,1H3,(H,13,15)(H,14,16). The number of anilines is 2. The number of ether oxygens (including phenoxy) is 1. The Bertz CT molecular complexity index is 525. The van der Waals surface area contributed by atoms with Crippen LogP contribution in [0, 0.1) is 0 Å². The summed E-state index contributed by atoms with van der Waals surface area (Å²) in [6.07, 6.45) is -0.273. The minimum atomic E-state index is -0.508. The molecule has 1 heterocycles. The van der Waals surface area contributed by atoms with Gasteiger partial charge in [0.15, 0.2) is 0 Å². The third kappa shape index (κ3) is 2.48. The van der Waals surface area contributed by atoms with E-state index in [1.807, 2.05) is 0 Å². The predicted molar refractivity (Wildman–Crippen MR) is 64.3 cm³/mol. The quantitative estimate of drug-likeness (QED) is 0.607. The summed E-state index contributed by atoms with van der Waals surface area (Å²) in [4.78, 5) is 34.4. The first-order chi connectivity index (χ1) is 8.60. The Labute approximate surface area is 103 Å². The highest BCUT2D eigenvalue weighted by Gasteiger charge is 2.19. The molecule has 0 saturated heterocycles. The lowest BCUT2D eigenvalue weighted by molar-refractivity contribution is -0.123. The molecule has 2 bridgehead atoms. The van der Waals surface area contributed by atoms with Crippen LogP contribution in [0.15, 0.2) is 18.2 Å². The molecule has 0 saturated carbocycles. The van der Waals surface area contributed by atoms with E-state index in [0.29, 0.717) is 11.4 Å². The Hall–Kier alpha value is -2.37. The van der Waals surface area contributed by atoms with E-state index in [4.69, 9.17) is 4.74 Å². The minimum absolute atomic E-state index is 0.255. The highest BCUT2D eigenvalue weighted by molar-refractivity contribution is 6.12. The summed E-state index contributed by atoms with van der Waals surface area (Å²) in [6.45, 7) is 1.96. The molecule has 0 atom stereocenters. The van der Waals surface area contributed by atoms with Crippen molar-refractivity contribution in [3.63, 3.8) is 0 Å². The molecule has 94 valence electrons. The van der Waals surface area contributed by atoms with Crippen LogP contribution in [0.1, 0.15) is 23.7 Å². The number of carbonyl (C=O) groups is 3. The lowest BCUT2D eigenvalue weighted by Crippen LogP contribution is -2.25. The average Bonchev–Trinajstić information content (AvgIpc) is 2.27. The van der Waals surface area contributed by atoms with Gasteiger partial charge >= 0.3 is 5.97 Å². The molecule has 1 aliphatic rings. The van der Waals surface area contributed by atoms with E-state index in [1.54, 1.807) is 13.0 Å². The fraction of sp³-hybridized carbons (Fsp3) is 0.250. The third-order valence-corrected chi connectivity index (χ3v) is 2.39. The smallest absolute Gasteiger partial charge is 0.340 e. The van der Waals surface area contributed by atoms with E-state index < -0.39 is 11.9 Å². The van der Waals surface area contributed by atoms with Gasteiger partial charge in [-0.2, -0.15) is 0 Å². The second-order valence-electron chi connectivity index (χ2n) is 3.75. The molecule has 1 aliphatic heterocycles. The molecule has 18 heavy (non-hydrogen) atoms. The van der Waals surface area contributed by atoms with Gasteiger partial charge in [0, 0.05) is 5.69 Å². The molecule has 6 nitrogen and oxygen atoms in total. The van der Waals surface area contributed by atoms with Crippen LogP contribution in [0.2, 0.25) is 0 Å². The summed E-state index contributed by atoms with van der Waals surface area (Å²) in [7, 11) is 0. The Kier molecular flexibility index (Phi) is 3.27.